The maximum absolute atomic E-state index is 11.1. The SMILES string of the molecule is CCC(Sc1nnc(-c2ccc(CNCCCO[PH](=O)O)cc2)o1)c1cccc([N+](=O)[O-])c1. The van der Waals surface area contributed by atoms with E-state index < -0.39 is 13.2 Å². The fourth-order valence-electron chi connectivity index (χ4n) is 3.08. The van der Waals surface area contributed by atoms with Gasteiger partial charge in [0.2, 0.25) is 5.89 Å². The third kappa shape index (κ3) is 7.76. The molecule has 0 spiro atoms. The Morgan fingerprint density at radius 3 is 2.76 bits per heavy atom. The molecule has 176 valence electrons. The minimum atomic E-state index is -2.85. The average Bonchev–Trinajstić information content (AvgIpc) is 3.28. The van der Waals surface area contributed by atoms with Crippen molar-refractivity contribution in [3.63, 3.8) is 0 Å². The van der Waals surface area contributed by atoms with Crippen molar-refractivity contribution in [3.05, 3.63) is 69.8 Å². The quantitative estimate of drug-likeness (QED) is 0.113. The van der Waals surface area contributed by atoms with Crippen LogP contribution in [0.5, 0.6) is 0 Å². The first-order valence-corrected chi connectivity index (χ1v) is 12.5. The monoisotopic (exact) mass is 492 g/mol. The molecule has 0 aliphatic carbocycles. The summed E-state index contributed by atoms with van der Waals surface area (Å²) in [6.45, 7) is 3.57. The number of nitrogens with zero attached hydrogens (tertiary/aromatic N) is 3. The highest BCUT2D eigenvalue weighted by molar-refractivity contribution is 7.99. The molecule has 0 fully saturated rings. The molecule has 0 saturated carbocycles. The van der Waals surface area contributed by atoms with Crippen molar-refractivity contribution in [2.45, 2.75) is 36.8 Å². The van der Waals surface area contributed by atoms with E-state index in [2.05, 4.69) is 20.0 Å². The summed E-state index contributed by atoms with van der Waals surface area (Å²) in [5.74, 6) is 0.405. The van der Waals surface area contributed by atoms with Crippen LogP contribution in [0.3, 0.4) is 0 Å². The van der Waals surface area contributed by atoms with Crippen molar-refractivity contribution >= 4 is 25.7 Å². The second kappa shape index (κ2) is 12.6. The molecule has 10 nitrogen and oxygen atoms in total. The summed E-state index contributed by atoms with van der Waals surface area (Å²) in [7, 11) is -2.85. The average molecular weight is 492 g/mol. The van der Waals surface area contributed by atoms with Crippen molar-refractivity contribution in [2.75, 3.05) is 13.2 Å². The van der Waals surface area contributed by atoms with Crippen LogP contribution in [0.1, 0.15) is 36.1 Å². The van der Waals surface area contributed by atoms with Crippen LogP contribution in [0.25, 0.3) is 11.5 Å². The van der Waals surface area contributed by atoms with Crippen LogP contribution in [-0.4, -0.2) is 33.2 Å². The molecule has 2 unspecified atom stereocenters. The zero-order valence-corrected chi connectivity index (χ0v) is 19.8. The molecule has 2 aromatic carbocycles. The number of aromatic nitrogens is 2. The number of thioether (sulfide) groups is 1. The first-order chi connectivity index (χ1) is 16.0. The van der Waals surface area contributed by atoms with Crippen LogP contribution in [0.2, 0.25) is 0 Å². The van der Waals surface area contributed by atoms with Crippen molar-refractivity contribution in [1.29, 1.82) is 0 Å². The van der Waals surface area contributed by atoms with E-state index in [1.807, 2.05) is 37.3 Å². The number of non-ortho nitro benzene ring substituents is 1. The molecule has 3 aromatic rings. The minimum Gasteiger partial charge on any atom is -0.411 e. The van der Waals surface area contributed by atoms with E-state index in [1.165, 1.54) is 17.8 Å². The third-order valence-corrected chi connectivity index (χ3v) is 6.43. The molecular weight excluding hydrogens is 467 g/mol. The van der Waals surface area contributed by atoms with Crippen LogP contribution in [0.4, 0.5) is 5.69 Å². The van der Waals surface area contributed by atoms with Crippen LogP contribution in [-0.2, 0) is 15.6 Å². The van der Waals surface area contributed by atoms with E-state index in [-0.39, 0.29) is 17.5 Å². The van der Waals surface area contributed by atoms with Gasteiger partial charge in [0.25, 0.3) is 10.9 Å². The standard InChI is InChI=1S/C21H25N4O6PS/c1-2-19(17-5-3-6-18(13-17)25(26)27)33-21-24-23-20(31-21)16-9-7-15(8-10-16)14-22-11-4-12-30-32(28)29/h3,5-10,13,19,22,32H,2,4,11-12,14H2,1H3,(H,28,29). The van der Waals surface area contributed by atoms with E-state index in [9.17, 15) is 14.7 Å². The Balaban J connectivity index is 1.55. The molecule has 3 rings (SSSR count). The maximum Gasteiger partial charge on any atom is 0.316 e. The molecule has 12 heteroatoms. The largest absolute Gasteiger partial charge is 0.411 e. The molecule has 33 heavy (non-hydrogen) atoms. The van der Waals surface area contributed by atoms with E-state index in [1.54, 1.807) is 12.1 Å². The number of nitro benzene ring substituents is 1. The zero-order valence-electron chi connectivity index (χ0n) is 18.0. The topological polar surface area (TPSA) is 141 Å². The maximum atomic E-state index is 11.1. The van der Waals surface area contributed by atoms with E-state index in [4.69, 9.17) is 9.31 Å². The summed E-state index contributed by atoms with van der Waals surface area (Å²) in [5, 5.41) is 22.9. The fourth-order valence-corrected chi connectivity index (χ4v) is 4.30. The number of nitro groups is 1. The Kier molecular flexibility index (Phi) is 9.59. The number of hydrogen-bond acceptors (Lipinski definition) is 9. The van der Waals surface area contributed by atoms with Crippen molar-refractivity contribution < 1.29 is 23.3 Å². The predicted molar refractivity (Wildman–Crippen MR) is 125 cm³/mol. The molecular formula is C21H25N4O6PS. The second-order valence-corrected chi connectivity index (χ2v) is 9.06. The zero-order chi connectivity index (χ0) is 23.6. The first-order valence-electron chi connectivity index (χ1n) is 10.4. The Labute approximate surface area is 195 Å². The lowest BCUT2D eigenvalue weighted by Gasteiger charge is -2.11. The number of benzene rings is 2. The molecule has 0 radical (unpaired) electrons. The molecule has 0 aliphatic heterocycles. The molecule has 1 heterocycles. The third-order valence-electron chi connectivity index (χ3n) is 4.73. The summed E-state index contributed by atoms with van der Waals surface area (Å²) in [4.78, 5) is 19.3. The summed E-state index contributed by atoms with van der Waals surface area (Å²) in [6.07, 6.45) is 1.39. The van der Waals surface area contributed by atoms with Gasteiger partial charge in [0.15, 0.2) is 0 Å². The molecule has 0 saturated heterocycles. The number of nitrogens with one attached hydrogen (secondary N) is 1. The lowest BCUT2D eigenvalue weighted by molar-refractivity contribution is -0.384. The van der Waals surface area contributed by atoms with Crippen molar-refractivity contribution in [2.24, 2.45) is 0 Å². The Morgan fingerprint density at radius 2 is 2.06 bits per heavy atom. The smallest absolute Gasteiger partial charge is 0.316 e. The molecule has 2 N–H and O–H groups in total. The molecule has 0 aliphatic rings. The highest BCUT2D eigenvalue weighted by Crippen LogP contribution is 2.38. The van der Waals surface area contributed by atoms with Gasteiger partial charge in [-0.25, -0.2) is 0 Å². The van der Waals surface area contributed by atoms with Gasteiger partial charge in [-0.05, 0) is 42.6 Å². The van der Waals surface area contributed by atoms with Gasteiger partial charge in [0.05, 0.1) is 11.5 Å². The van der Waals surface area contributed by atoms with Gasteiger partial charge in [-0.2, -0.15) is 0 Å². The van der Waals surface area contributed by atoms with Crippen molar-refractivity contribution in [3.8, 4) is 11.5 Å². The van der Waals surface area contributed by atoms with E-state index in [0.717, 1.165) is 23.1 Å². The fraction of sp³-hybridized carbons (Fsp3) is 0.333. The Morgan fingerprint density at radius 1 is 1.27 bits per heavy atom. The second-order valence-electron chi connectivity index (χ2n) is 7.08. The predicted octanol–water partition coefficient (Wildman–Crippen LogP) is 4.77. The molecule has 1 aromatic heterocycles. The summed E-state index contributed by atoms with van der Waals surface area (Å²) in [5.41, 5.74) is 2.76. The van der Waals surface area contributed by atoms with Gasteiger partial charge in [0, 0.05) is 29.5 Å². The summed E-state index contributed by atoms with van der Waals surface area (Å²) >= 11 is 1.38. The van der Waals surface area contributed by atoms with Gasteiger partial charge in [-0.15, -0.1) is 10.2 Å². The van der Waals surface area contributed by atoms with E-state index in [0.29, 0.717) is 30.6 Å². The normalized spacial score (nSPS) is 13.0. The van der Waals surface area contributed by atoms with Gasteiger partial charge in [-0.1, -0.05) is 43.0 Å². The highest BCUT2D eigenvalue weighted by Gasteiger charge is 2.18. The molecule has 2 atom stereocenters. The lowest BCUT2D eigenvalue weighted by Crippen LogP contribution is -2.15. The Hall–Kier alpha value is -2.56. The van der Waals surface area contributed by atoms with Gasteiger partial charge in [0.1, 0.15) is 0 Å². The van der Waals surface area contributed by atoms with E-state index >= 15 is 0 Å². The molecule has 0 amide bonds. The highest BCUT2D eigenvalue weighted by atomic mass is 32.2. The summed E-state index contributed by atoms with van der Waals surface area (Å²) < 4.78 is 20.9. The van der Waals surface area contributed by atoms with Crippen LogP contribution >= 0.6 is 20.0 Å². The summed E-state index contributed by atoms with van der Waals surface area (Å²) in [6, 6.07) is 14.3. The lowest BCUT2D eigenvalue weighted by atomic mass is 10.1. The molecule has 0 bridgehead atoms. The minimum absolute atomic E-state index is 0.0457. The van der Waals surface area contributed by atoms with Crippen molar-refractivity contribution in [1.82, 2.24) is 15.5 Å². The number of rotatable bonds is 13. The van der Waals surface area contributed by atoms with Gasteiger partial charge >= 0.3 is 8.25 Å². The Bertz CT molecular complexity index is 1080. The first kappa shape index (κ1) is 25.1. The van der Waals surface area contributed by atoms with Gasteiger partial charge in [-0.3, -0.25) is 14.7 Å². The van der Waals surface area contributed by atoms with Gasteiger partial charge < -0.3 is 19.2 Å². The van der Waals surface area contributed by atoms with Crippen LogP contribution in [0.15, 0.2) is 58.2 Å². The van der Waals surface area contributed by atoms with Crippen LogP contribution in [0, 0.1) is 10.1 Å². The number of hydrogen-bond donors (Lipinski definition) is 2. The van der Waals surface area contributed by atoms with Crippen LogP contribution < -0.4 is 5.32 Å².